The summed E-state index contributed by atoms with van der Waals surface area (Å²) in [4.78, 5) is 27.1. The van der Waals surface area contributed by atoms with Gasteiger partial charge < -0.3 is 15.0 Å². The highest BCUT2D eigenvalue weighted by Gasteiger charge is 2.25. The van der Waals surface area contributed by atoms with Crippen LogP contribution < -0.4 is 10.1 Å². The topological polar surface area (TPSA) is 58.6 Å². The highest BCUT2D eigenvalue weighted by molar-refractivity contribution is 6.30. The van der Waals surface area contributed by atoms with E-state index in [4.69, 9.17) is 16.3 Å². The second-order valence-electron chi connectivity index (χ2n) is 7.38. The molecule has 2 amide bonds. The van der Waals surface area contributed by atoms with Crippen LogP contribution in [0.25, 0.3) is 0 Å². The summed E-state index contributed by atoms with van der Waals surface area (Å²) in [7, 11) is 0. The van der Waals surface area contributed by atoms with Crippen LogP contribution in [0.15, 0.2) is 48.5 Å². The van der Waals surface area contributed by atoms with Crippen molar-refractivity contribution in [2.75, 3.05) is 13.2 Å². The maximum Gasteiger partial charge on any atom is 0.242 e. The van der Waals surface area contributed by atoms with Crippen LogP contribution in [0, 0.1) is 6.92 Å². The first-order valence-electron chi connectivity index (χ1n) is 10.4. The third-order valence-electron chi connectivity index (χ3n) is 4.77. The van der Waals surface area contributed by atoms with E-state index in [1.165, 1.54) is 0 Å². The molecule has 0 fully saturated rings. The van der Waals surface area contributed by atoms with Crippen molar-refractivity contribution in [2.24, 2.45) is 0 Å². The Morgan fingerprint density at radius 2 is 1.90 bits per heavy atom. The minimum Gasteiger partial charge on any atom is -0.494 e. The minimum absolute atomic E-state index is 0.0599. The van der Waals surface area contributed by atoms with Crippen molar-refractivity contribution in [3.05, 3.63) is 64.7 Å². The largest absolute Gasteiger partial charge is 0.494 e. The van der Waals surface area contributed by atoms with E-state index in [1.807, 2.05) is 38.1 Å². The monoisotopic (exact) mass is 430 g/mol. The molecule has 6 heteroatoms. The van der Waals surface area contributed by atoms with Gasteiger partial charge in [-0.3, -0.25) is 9.59 Å². The smallest absolute Gasteiger partial charge is 0.242 e. The molecule has 0 aliphatic carbocycles. The number of aryl methyl sites for hydroxylation is 1. The lowest BCUT2D eigenvalue weighted by Gasteiger charge is -2.29. The van der Waals surface area contributed by atoms with Gasteiger partial charge in [-0.2, -0.15) is 0 Å². The number of halogens is 1. The van der Waals surface area contributed by atoms with Gasteiger partial charge in [0.05, 0.1) is 6.61 Å². The molecule has 0 aromatic heterocycles. The van der Waals surface area contributed by atoms with Crippen LogP contribution in [0.4, 0.5) is 0 Å². The zero-order chi connectivity index (χ0) is 21.9. The fourth-order valence-corrected chi connectivity index (χ4v) is 3.20. The fourth-order valence-electron chi connectivity index (χ4n) is 3.07. The maximum atomic E-state index is 13.0. The summed E-state index contributed by atoms with van der Waals surface area (Å²) in [5.74, 6) is 0.529. The Bertz CT molecular complexity index is 823. The number of hydrogen-bond acceptors (Lipinski definition) is 3. The number of nitrogens with zero attached hydrogens (tertiary/aromatic N) is 1. The number of nitrogens with one attached hydrogen (secondary N) is 1. The number of amides is 2. The maximum absolute atomic E-state index is 13.0. The van der Waals surface area contributed by atoms with Crippen LogP contribution in [-0.2, 0) is 16.1 Å². The Morgan fingerprint density at radius 1 is 1.17 bits per heavy atom. The lowest BCUT2D eigenvalue weighted by Crippen LogP contribution is -2.47. The lowest BCUT2D eigenvalue weighted by molar-refractivity contribution is -0.140. The molecule has 0 saturated heterocycles. The normalized spacial score (nSPS) is 11.6. The van der Waals surface area contributed by atoms with Crippen LogP contribution in [0.5, 0.6) is 5.75 Å². The van der Waals surface area contributed by atoms with Crippen molar-refractivity contribution in [3.8, 4) is 5.75 Å². The van der Waals surface area contributed by atoms with E-state index in [9.17, 15) is 9.59 Å². The molecule has 0 bridgehead atoms. The molecular weight excluding hydrogens is 400 g/mol. The molecule has 5 nitrogen and oxygen atoms in total. The molecule has 0 aliphatic heterocycles. The molecule has 2 aromatic rings. The predicted octanol–water partition coefficient (Wildman–Crippen LogP) is 4.75. The molecule has 0 unspecified atom stereocenters. The van der Waals surface area contributed by atoms with Gasteiger partial charge in [0, 0.05) is 24.5 Å². The van der Waals surface area contributed by atoms with Crippen molar-refractivity contribution in [3.63, 3.8) is 0 Å². The van der Waals surface area contributed by atoms with Crippen molar-refractivity contribution in [1.29, 1.82) is 0 Å². The molecule has 30 heavy (non-hydrogen) atoms. The average Bonchev–Trinajstić information content (AvgIpc) is 2.74. The highest BCUT2D eigenvalue weighted by atomic mass is 35.5. The Morgan fingerprint density at radius 3 is 2.57 bits per heavy atom. The standard InChI is InChI=1S/C24H31ClN2O3/c1-4-14-26-24(29)19(3)27(17-20-8-5-7-18(2)16-20)23(28)9-6-15-30-22-12-10-21(25)11-13-22/h5,7-8,10-13,16,19H,4,6,9,14-15,17H2,1-3H3,(H,26,29)/t19-/m1/s1. The third kappa shape index (κ3) is 7.71. The van der Waals surface area contributed by atoms with Gasteiger partial charge in [-0.25, -0.2) is 0 Å². The molecule has 0 aliphatic rings. The Labute approximate surface area is 184 Å². The van der Waals surface area contributed by atoms with Gasteiger partial charge in [-0.05, 0) is 56.5 Å². The first-order valence-corrected chi connectivity index (χ1v) is 10.8. The van der Waals surface area contributed by atoms with Crippen molar-refractivity contribution in [1.82, 2.24) is 10.2 Å². The van der Waals surface area contributed by atoms with Gasteiger partial charge in [-0.1, -0.05) is 48.4 Å². The van der Waals surface area contributed by atoms with Crippen LogP contribution in [-0.4, -0.2) is 35.9 Å². The predicted molar refractivity (Wildman–Crippen MR) is 121 cm³/mol. The second-order valence-corrected chi connectivity index (χ2v) is 7.82. The van der Waals surface area contributed by atoms with E-state index in [1.54, 1.807) is 36.1 Å². The van der Waals surface area contributed by atoms with E-state index < -0.39 is 6.04 Å². The number of hydrogen-bond donors (Lipinski definition) is 1. The van der Waals surface area contributed by atoms with E-state index in [2.05, 4.69) is 5.32 Å². The SMILES string of the molecule is CCCNC(=O)[C@@H](C)N(Cc1cccc(C)c1)C(=O)CCCOc1ccc(Cl)cc1. The fraction of sp³-hybridized carbons (Fsp3) is 0.417. The van der Waals surface area contributed by atoms with E-state index >= 15 is 0 Å². The Kier molecular flexibility index (Phi) is 9.68. The molecule has 1 N–H and O–H groups in total. The first kappa shape index (κ1) is 23.7. The lowest BCUT2D eigenvalue weighted by atomic mass is 10.1. The molecule has 0 spiro atoms. The number of ether oxygens (including phenoxy) is 1. The summed E-state index contributed by atoms with van der Waals surface area (Å²) < 4.78 is 5.68. The molecule has 2 aromatic carbocycles. The summed E-state index contributed by atoms with van der Waals surface area (Å²) in [5.41, 5.74) is 2.13. The van der Waals surface area contributed by atoms with Crippen LogP contribution in [0.1, 0.15) is 44.2 Å². The minimum atomic E-state index is -0.540. The van der Waals surface area contributed by atoms with E-state index in [-0.39, 0.29) is 11.8 Å². The number of rotatable bonds is 11. The molecule has 162 valence electrons. The number of benzene rings is 2. The van der Waals surface area contributed by atoms with Crippen LogP contribution in [0.2, 0.25) is 5.02 Å². The van der Waals surface area contributed by atoms with Crippen molar-refractivity contribution < 1.29 is 14.3 Å². The molecular formula is C24H31ClN2O3. The van der Waals surface area contributed by atoms with Crippen molar-refractivity contribution >= 4 is 23.4 Å². The number of carbonyl (C=O) groups excluding carboxylic acids is 2. The summed E-state index contributed by atoms with van der Waals surface area (Å²) in [5, 5.41) is 3.54. The Balaban J connectivity index is 1.97. The summed E-state index contributed by atoms with van der Waals surface area (Å²) >= 11 is 5.87. The third-order valence-corrected chi connectivity index (χ3v) is 5.02. The van der Waals surface area contributed by atoms with Gasteiger partial charge in [0.2, 0.25) is 11.8 Å². The highest BCUT2D eigenvalue weighted by Crippen LogP contribution is 2.17. The molecule has 0 saturated carbocycles. The second kappa shape index (κ2) is 12.2. The van der Waals surface area contributed by atoms with Gasteiger partial charge in [0.1, 0.15) is 11.8 Å². The zero-order valence-electron chi connectivity index (χ0n) is 18.0. The van der Waals surface area contributed by atoms with Gasteiger partial charge in [0.25, 0.3) is 0 Å². The van der Waals surface area contributed by atoms with Gasteiger partial charge >= 0.3 is 0 Å². The summed E-state index contributed by atoms with van der Waals surface area (Å²) in [6.45, 7) is 7.22. The van der Waals surface area contributed by atoms with Gasteiger partial charge in [0.15, 0.2) is 0 Å². The molecule has 2 rings (SSSR count). The van der Waals surface area contributed by atoms with Crippen LogP contribution in [0.3, 0.4) is 0 Å². The van der Waals surface area contributed by atoms with Crippen LogP contribution >= 0.6 is 11.6 Å². The van der Waals surface area contributed by atoms with Gasteiger partial charge in [-0.15, -0.1) is 0 Å². The van der Waals surface area contributed by atoms with E-state index in [0.717, 1.165) is 23.3 Å². The number of carbonyl (C=O) groups is 2. The van der Waals surface area contributed by atoms with E-state index in [0.29, 0.717) is 37.6 Å². The summed E-state index contributed by atoms with van der Waals surface area (Å²) in [6, 6.07) is 14.6. The average molecular weight is 431 g/mol. The molecule has 0 radical (unpaired) electrons. The quantitative estimate of drug-likeness (QED) is 0.523. The first-order chi connectivity index (χ1) is 14.4. The molecule has 1 atom stereocenters. The molecule has 0 heterocycles. The zero-order valence-corrected chi connectivity index (χ0v) is 18.7. The Hall–Kier alpha value is -2.53. The van der Waals surface area contributed by atoms with Crippen molar-refractivity contribution in [2.45, 2.75) is 52.6 Å². The summed E-state index contributed by atoms with van der Waals surface area (Å²) in [6.07, 6.45) is 1.73.